The Kier molecular flexibility index (Phi) is 9.41. The van der Waals surface area contributed by atoms with Crippen LogP contribution in [0, 0.1) is 0 Å². The van der Waals surface area contributed by atoms with Crippen LogP contribution in [0.3, 0.4) is 0 Å². The van der Waals surface area contributed by atoms with Crippen molar-refractivity contribution < 1.29 is 19.0 Å². The predicted octanol–water partition coefficient (Wildman–Crippen LogP) is 1.19. The van der Waals surface area contributed by atoms with E-state index in [1.54, 1.807) is 6.92 Å². The molecule has 0 saturated heterocycles. The van der Waals surface area contributed by atoms with Crippen LogP contribution < -0.4 is 0 Å². The lowest BCUT2D eigenvalue weighted by Gasteiger charge is -1.97. The maximum absolute atomic E-state index is 10.1. The number of ketones is 1. The van der Waals surface area contributed by atoms with E-state index in [1.165, 1.54) is 6.92 Å². The van der Waals surface area contributed by atoms with Gasteiger partial charge in [-0.3, -0.25) is 4.79 Å². The van der Waals surface area contributed by atoms with E-state index in [0.29, 0.717) is 6.42 Å². The van der Waals surface area contributed by atoms with E-state index >= 15 is 0 Å². The summed E-state index contributed by atoms with van der Waals surface area (Å²) in [5, 5.41) is 8.59. The van der Waals surface area contributed by atoms with Crippen LogP contribution in [0.5, 0.6) is 0 Å². The summed E-state index contributed by atoms with van der Waals surface area (Å²) in [6, 6.07) is 0. The second-order valence-corrected chi connectivity index (χ2v) is 1.53. The van der Waals surface area contributed by atoms with Gasteiger partial charge in [0.1, 0.15) is 6.10 Å². The van der Waals surface area contributed by atoms with Crippen LogP contribution in [0.15, 0.2) is 0 Å². The van der Waals surface area contributed by atoms with Gasteiger partial charge in [-0.05, 0) is 13.3 Å². The van der Waals surface area contributed by atoms with Gasteiger partial charge in [-0.2, -0.15) is 0 Å². The Morgan fingerprint density at radius 3 is 2.00 bits per heavy atom. The van der Waals surface area contributed by atoms with Crippen molar-refractivity contribution >= 4 is 5.78 Å². The van der Waals surface area contributed by atoms with E-state index in [-0.39, 0.29) is 5.78 Å². The molecular formula is C5H10F2O2. The maximum atomic E-state index is 10.1. The van der Waals surface area contributed by atoms with Gasteiger partial charge in [0.2, 0.25) is 0 Å². The minimum Gasteiger partial charge on any atom is -0.385 e. The quantitative estimate of drug-likeness (QED) is 0.625. The first kappa shape index (κ1) is 11.3. The molecule has 0 aromatic heterocycles. The first-order chi connectivity index (χ1) is 4.18. The molecule has 0 rings (SSSR count). The zero-order chi connectivity index (χ0) is 7.86. The second-order valence-electron chi connectivity index (χ2n) is 1.53. The van der Waals surface area contributed by atoms with E-state index in [0.717, 1.165) is 0 Å². The molecule has 0 aromatic rings. The topological polar surface area (TPSA) is 37.3 Å². The Bertz CT molecular complexity index is 75.4. The van der Waals surface area contributed by atoms with E-state index in [1.807, 2.05) is 0 Å². The lowest BCUT2D eigenvalue weighted by Crippen LogP contribution is -2.14. The molecule has 0 aromatic carbocycles. The van der Waals surface area contributed by atoms with Crippen molar-refractivity contribution in [1.82, 2.24) is 0 Å². The molecule has 0 heterocycles. The Morgan fingerprint density at radius 1 is 1.67 bits per heavy atom. The summed E-state index contributed by atoms with van der Waals surface area (Å²) in [5.74, 6) is -0.150. The van der Waals surface area contributed by atoms with Crippen molar-refractivity contribution in [3.8, 4) is 0 Å². The van der Waals surface area contributed by atoms with E-state index < -0.39 is 6.10 Å². The second kappa shape index (κ2) is 7.49. The number of hydrogen-bond acceptors (Lipinski definition) is 2. The monoisotopic (exact) mass is 140 g/mol. The normalized spacial score (nSPS) is 11.2. The van der Waals surface area contributed by atoms with E-state index in [4.69, 9.17) is 14.3 Å². The minimum absolute atomic E-state index is 0.150. The number of aliphatic hydroxyl groups is 1. The Hall–Kier alpha value is -0.510. The Labute approximate surface area is 52.4 Å². The first-order valence-corrected chi connectivity index (χ1v) is 2.51. The third-order valence-electron chi connectivity index (χ3n) is 0.856. The fourth-order valence-electron chi connectivity index (χ4n) is 0.287. The van der Waals surface area contributed by atoms with Crippen LogP contribution in [0.4, 0.5) is 9.15 Å². The molecule has 0 aliphatic heterocycles. The van der Waals surface area contributed by atoms with Crippen molar-refractivity contribution in [2.45, 2.75) is 26.4 Å². The minimum atomic E-state index is -0.736. The van der Waals surface area contributed by atoms with Crippen LogP contribution in [0.25, 0.3) is 0 Å². The molecule has 1 unspecified atom stereocenters. The number of carbonyl (C=O) groups excluding carboxylic acids is 1. The zero-order valence-corrected chi connectivity index (χ0v) is 5.40. The lowest BCUT2D eigenvalue weighted by atomic mass is 10.2. The fourth-order valence-corrected chi connectivity index (χ4v) is 0.287. The molecule has 0 spiro atoms. The summed E-state index contributed by atoms with van der Waals surface area (Å²) in [6.07, 6.45) is -0.213. The van der Waals surface area contributed by atoms with Gasteiger partial charge in [0.05, 0.1) is 0 Å². The molecule has 9 heavy (non-hydrogen) atoms. The summed E-state index contributed by atoms with van der Waals surface area (Å²) >= 11 is 0. The molecular weight excluding hydrogens is 130 g/mol. The highest BCUT2D eigenvalue weighted by Gasteiger charge is 2.03. The van der Waals surface area contributed by atoms with Gasteiger partial charge in [-0.15, -0.1) is 0 Å². The summed E-state index contributed by atoms with van der Waals surface area (Å²) in [4.78, 5) is 10.1. The molecule has 0 fully saturated rings. The van der Waals surface area contributed by atoms with Gasteiger partial charge >= 0.3 is 0 Å². The molecule has 0 amide bonds. The van der Waals surface area contributed by atoms with Gasteiger partial charge < -0.3 is 5.11 Å². The summed E-state index contributed by atoms with van der Waals surface area (Å²) in [6.45, 7) is 3.15. The highest BCUT2D eigenvalue weighted by molar-refractivity contribution is 5.79. The summed E-state index contributed by atoms with van der Waals surface area (Å²) in [7, 11) is 0. The molecule has 0 aliphatic carbocycles. The van der Waals surface area contributed by atoms with Gasteiger partial charge in [0, 0.05) is 9.15 Å². The van der Waals surface area contributed by atoms with E-state index in [2.05, 4.69) is 0 Å². The molecule has 1 N–H and O–H groups in total. The van der Waals surface area contributed by atoms with Crippen LogP contribution in [0.1, 0.15) is 20.3 Å². The summed E-state index contributed by atoms with van der Waals surface area (Å²) < 4.78 is 16.0. The molecule has 1 atom stereocenters. The smallest absolute Gasteiger partial charge is 0.158 e. The standard InChI is InChI=1S/C5H10O2.F2/c1-3-5(7)4(2)6;1-2/h5,7H,3H2,1-2H3;. The van der Waals surface area contributed by atoms with Gasteiger partial charge in [-0.25, -0.2) is 0 Å². The molecule has 2 nitrogen and oxygen atoms in total. The highest BCUT2D eigenvalue weighted by atomic mass is 20.0. The molecule has 4 heteroatoms. The average Bonchev–Trinajstić information content (AvgIpc) is 1.91. The van der Waals surface area contributed by atoms with Crippen LogP contribution >= 0.6 is 0 Å². The third kappa shape index (κ3) is 7.49. The van der Waals surface area contributed by atoms with Crippen molar-refractivity contribution in [3.63, 3.8) is 0 Å². The molecule has 0 saturated carbocycles. The Morgan fingerprint density at radius 2 is 2.00 bits per heavy atom. The SMILES string of the molecule is CCC(O)C(C)=O.FF. The molecule has 0 bridgehead atoms. The number of aliphatic hydroxyl groups excluding tert-OH is 1. The zero-order valence-electron chi connectivity index (χ0n) is 5.40. The number of rotatable bonds is 2. The van der Waals surface area contributed by atoms with Gasteiger partial charge in [0.15, 0.2) is 5.78 Å². The van der Waals surface area contributed by atoms with E-state index in [9.17, 15) is 4.79 Å². The fraction of sp³-hybridized carbons (Fsp3) is 0.800. The van der Waals surface area contributed by atoms with Crippen molar-refractivity contribution in [1.29, 1.82) is 0 Å². The van der Waals surface area contributed by atoms with Gasteiger partial charge in [0.25, 0.3) is 0 Å². The van der Waals surface area contributed by atoms with Crippen LogP contribution in [0.2, 0.25) is 0 Å². The third-order valence-corrected chi connectivity index (χ3v) is 0.856. The number of carbonyl (C=O) groups is 1. The number of hydrogen-bond donors (Lipinski definition) is 1. The van der Waals surface area contributed by atoms with Crippen molar-refractivity contribution in [2.75, 3.05) is 0 Å². The number of Topliss-reactive ketones (excluding diaryl/α,β-unsaturated/α-hetero) is 1. The van der Waals surface area contributed by atoms with Crippen molar-refractivity contribution in [2.24, 2.45) is 0 Å². The molecule has 0 radical (unpaired) electrons. The molecule has 56 valence electrons. The summed E-state index contributed by atoms with van der Waals surface area (Å²) in [5.41, 5.74) is 0. The van der Waals surface area contributed by atoms with Crippen LogP contribution in [-0.2, 0) is 4.79 Å². The first-order valence-electron chi connectivity index (χ1n) is 2.51. The van der Waals surface area contributed by atoms with Crippen molar-refractivity contribution in [3.05, 3.63) is 0 Å². The largest absolute Gasteiger partial charge is 0.385 e. The van der Waals surface area contributed by atoms with Crippen LogP contribution in [-0.4, -0.2) is 17.0 Å². The number of halogens is 2. The average molecular weight is 140 g/mol. The van der Waals surface area contributed by atoms with Gasteiger partial charge in [-0.1, -0.05) is 6.92 Å². The highest BCUT2D eigenvalue weighted by Crippen LogP contribution is 1.88. The lowest BCUT2D eigenvalue weighted by molar-refractivity contribution is -0.124. The molecule has 0 aliphatic rings. The maximum Gasteiger partial charge on any atom is 0.158 e. The Balaban J connectivity index is 0. The predicted molar refractivity (Wildman–Crippen MR) is 29.2 cm³/mol.